The Labute approximate surface area is 247 Å². The van der Waals surface area contributed by atoms with Gasteiger partial charge in [-0.1, -0.05) is 61.3 Å². The minimum absolute atomic E-state index is 0.0497. The highest BCUT2D eigenvalue weighted by Crippen LogP contribution is 2.37. The summed E-state index contributed by atoms with van der Waals surface area (Å²) in [6.07, 6.45) is -3.39. The summed E-state index contributed by atoms with van der Waals surface area (Å²) >= 11 is 6.22. The molecule has 1 N–H and O–H groups in total. The monoisotopic (exact) mass is 627 g/mol. The summed E-state index contributed by atoms with van der Waals surface area (Å²) < 4.78 is 83.4. The molecule has 3 aromatic rings. The fourth-order valence-corrected chi connectivity index (χ4v) is 5.76. The minimum Gasteiger partial charge on any atom is -0.354 e. The average Bonchev–Trinajstić information content (AvgIpc) is 2.95. The number of hydrogen-bond acceptors (Lipinski definition) is 4. The Morgan fingerprint density at radius 1 is 1.00 bits per heavy atom. The van der Waals surface area contributed by atoms with Gasteiger partial charge < -0.3 is 10.2 Å². The van der Waals surface area contributed by atoms with Crippen molar-refractivity contribution in [1.29, 1.82) is 0 Å². The predicted molar refractivity (Wildman–Crippen MR) is 152 cm³/mol. The van der Waals surface area contributed by atoms with E-state index in [2.05, 4.69) is 5.32 Å². The number of halogens is 5. The number of alkyl halides is 3. The molecule has 0 aliphatic heterocycles. The summed E-state index contributed by atoms with van der Waals surface area (Å²) in [6.45, 7) is 2.19. The second-order valence-corrected chi connectivity index (χ2v) is 11.7. The number of sulfonamides is 1. The third-order valence-electron chi connectivity index (χ3n) is 6.45. The number of benzene rings is 3. The number of rotatable bonds is 12. The Bertz CT molecular complexity index is 1500. The van der Waals surface area contributed by atoms with Gasteiger partial charge in [0.1, 0.15) is 18.4 Å². The first-order valence-corrected chi connectivity index (χ1v) is 14.8. The SMILES string of the molecule is CCCCNC(=O)C(C)N(Cc1ccccc1F)C(=O)CN(c1cc(C(F)(F)F)ccc1Cl)S(=O)(=O)c1ccccc1. The molecule has 42 heavy (non-hydrogen) atoms. The Kier molecular flexibility index (Phi) is 11.0. The molecule has 0 spiro atoms. The van der Waals surface area contributed by atoms with Gasteiger partial charge in [0.2, 0.25) is 11.8 Å². The van der Waals surface area contributed by atoms with E-state index in [-0.39, 0.29) is 15.5 Å². The molecular weight excluding hydrogens is 598 g/mol. The molecule has 0 aliphatic rings. The number of nitrogens with one attached hydrogen (secondary N) is 1. The fourth-order valence-electron chi connectivity index (χ4n) is 4.04. The number of unbranched alkanes of at least 4 members (excludes halogenated alkanes) is 1. The van der Waals surface area contributed by atoms with Gasteiger partial charge >= 0.3 is 6.18 Å². The molecule has 226 valence electrons. The summed E-state index contributed by atoms with van der Waals surface area (Å²) in [5.41, 5.74) is -1.72. The topological polar surface area (TPSA) is 86.8 Å². The van der Waals surface area contributed by atoms with Crippen LogP contribution < -0.4 is 9.62 Å². The van der Waals surface area contributed by atoms with E-state index in [1.165, 1.54) is 55.5 Å². The molecule has 1 atom stereocenters. The van der Waals surface area contributed by atoms with Crippen molar-refractivity contribution in [2.75, 3.05) is 17.4 Å². The zero-order chi connectivity index (χ0) is 31.1. The van der Waals surface area contributed by atoms with Crippen LogP contribution in [0, 0.1) is 5.82 Å². The highest BCUT2D eigenvalue weighted by molar-refractivity contribution is 7.92. The van der Waals surface area contributed by atoms with E-state index in [1.54, 1.807) is 6.07 Å². The van der Waals surface area contributed by atoms with Crippen LogP contribution in [0.3, 0.4) is 0 Å². The fraction of sp³-hybridized carbons (Fsp3) is 0.310. The van der Waals surface area contributed by atoms with Crippen LogP contribution in [-0.2, 0) is 32.3 Å². The molecule has 0 heterocycles. The molecule has 0 aliphatic carbocycles. The van der Waals surface area contributed by atoms with Crippen molar-refractivity contribution in [2.24, 2.45) is 0 Å². The molecule has 0 fully saturated rings. The predicted octanol–water partition coefficient (Wildman–Crippen LogP) is 6.03. The second-order valence-electron chi connectivity index (χ2n) is 9.42. The van der Waals surface area contributed by atoms with Crippen molar-refractivity contribution in [3.05, 3.63) is 94.8 Å². The second kappa shape index (κ2) is 14.0. The van der Waals surface area contributed by atoms with E-state index in [4.69, 9.17) is 11.6 Å². The first-order valence-electron chi connectivity index (χ1n) is 13.0. The van der Waals surface area contributed by atoms with Crippen LogP contribution in [0.4, 0.5) is 23.2 Å². The van der Waals surface area contributed by atoms with Gasteiger partial charge in [0.25, 0.3) is 10.0 Å². The number of carbonyl (C=O) groups is 2. The molecule has 0 aromatic heterocycles. The Balaban J connectivity index is 2.11. The van der Waals surface area contributed by atoms with E-state index in [0.717, 1.165) is 17.4 Å². The maximum atomic E-state index is 14.6. The maximum absolute atomic E-state index is 14.6. The Morgan fingerprint density at radius 3 is 2.26 bits per heavy atom. The van der Waals surface area contributed by atoms with Crippen molar-refractivity contribution in [2.45, 2.75) is 50.3 Å². The normalized spacial score (nSPS) is 12.5. The number of amides is 2. The molecular formula is C29H30ClF4N3O4S. The number of anilines is 1. The third-order valence-corrected chi connectivity index (χ3v) is 8.54. The molecule has 2 amide bonds. The van der Waals surface area contributed by atoms with Crippen molar-refractivity contribution in [3.8, 4) is 0 Å². The van der Waals surface area contributed by atoms with Gasteiger partial charge in [-0.05, 0) is 49.7 Å². The molecule has 0 saturated carbocycles. The molecule has 3 aromatic carbocycles. The van der Waals surface area contributed by atoms with E-state index >= 15 is 0 Å². The summed E-state index contributed by atoms with van der Waals surface area (Å²) in [7, 11) is -4.65. The van der Waals surface area contributed by atoms with E-state index < -0.39 is 64.2 Å². The standard InChI is InChI=1S/C29H30ClF4N3O4S/c1-3-4-16-35-28(39)20(2)36(18-21-10-8-9-13-25(21)31)27(38)19-37(42(40,41)23-11-6-5-7-12-23)26-17-22(29(32,33)34)14-15-24(26)30/h5-15,17,20H,3-4,16,18-19H2,1-2H3,(H,35,39). The highest BCUT2D eigenvalue weighted by Gasteiger charge is 2.36. The van der Waals surface area contributed by atoms with Crippen LogP contribution in [0.1, 0.15) is 37.8 Å². The lowest BCUT2D eigenvalue weighted by Crippen LogP contribution is -2.51. The lowest BCUT2D eigenvalue weighted by atomic mass is 10.1. The summed E-state index contributed by atoms with van der Waals surface area (Å²) in [4.78, 5) is 27.5. The van der Waals surface area contributed by atoms with Gasteiger partial charge in [0.15, 0.2) is 0 Å². The molecule has 13 heteroatoms. The molecule has 0 saturated heterocycles. The van der Waals surface area contributed by atoms with E-state index in [9.17, 15) is 35.6 Å². The zero-order valence-electron chi connectivity index (χ0n) is 22.9. The zero-order valence-corrected chi connectivity index (χ0v) is 24.4. The van der Waals surface area contributed by atoms with Crippen molar-refractivity contribution < 1.29 is 35.6 Å². The van der Waals surface area contributed by atoms with Crippen LogP contribution in [0.15, 0.2) is 77.7 Å². The van der Waals surface area contributed by atoms with Gasteiger partial charge in [0.05, 0.1) is 21.2 Å². The van der Waals surface area contributed by atoms with Crippen LogP contribution >= 0.6 is 11.6 Å². The third kappa shape index (κ3) is 8.01. The van der Waals surface area contributed by atoms with Crippen LogP contribution in [-0.4, -0.2) is 44.3 Å². The van der Waals surface area contributed by atoms with Gasteiger partial charge in [-0.25, -0.2) is 12.8 Å². The number of carbonyl (C=O) groups excluding carboxylic acids is 2. The molecule has 3 rings (SSSR count). The lowest BCUT2D eigenvalue weighted by Gasteiger charge is -2.32. The lowest BCUT2D eigenvalue weighted by molar-refractivity contribution is -0.139. The van der Waals surface area contributed by atoms with Crippen LogP contribution in [0.25, 0.3) is 0 Å². The molecule has 1 unspecified atom stereocenters. The molecule has 7 nitrogen and oxygen atoms in total. The smallest absolute Gasteiger partial charge is 0.354 e. The first-order chi connectivity index (χ1) is 19.8. The van der Waals surface area contributed by atoms with Crippen LogP contribution in [0.2, 0.25) is 5.02 Å². The van der Waals surface area contributed by atoms with E-state index in [0.29, 0.717) is 29.4 Å². The summed E-state index contributed by atoms with van der Waals surface area (Å²) in [5, 5.41) is 2.33. The highest BCUT2D eigenvalue weighted by atomic mass is 35.5. The largest absolute Gasteiger partial charge is 0.416 e. The number of nitrogens with zero attached hydrogens (tertiary/aromatic N) is 2. The van der Waals surface area contributed by atoms with Crippen molar-refractivity contribution in [3.63, 3.8) is 0 Å². The van der Waals surface area contributed by atoms with Crippen molar-refractivity contribution in [1.82, 2.24) is 10.2 Å². The quantitative estimate of drug-likeness (QED) is 0.196. The van der Waals surface area contributed by atoms with Crippen LogP contribution in [0.5, 0.6) is 0 Å². The molecule has 0 radical (unpaired) electrons. The van der Waals surface area contributed by atoms with Gasteiger partial charge in [-0.3, -0.25) is 13.9 Å². The van der Waals surface area contributed by atoms with Gasteiger partial charge in [-0.2, -0.15) is 13.2 Å². The summed E-state index contributed by atoms with van der Waals surface area (Å²) in [6, 6.07) is 13.3. The average molecular weight is 628 g/mol. The summed E-state index contributed by atoms with van der Waals surface area (Å²) in [5.74, 6) is -2.20. The van der Waals surface area contributed by atoms with Gasteiger partial charge in [-0.15, -0.1) is 0 Å². The minimum atomic E-state index is -4.84. The van der Waals surface area contributed by atoms with Gasteiger partial charge in [0, 0.05) is 18.7 Å². The van der Waals surface area contributed by atoms with Crippen molar-refractivity contribution >= 4 is 39.1 Å². The Hall–Kier alpha value is -3.64. The van der Waals surface area contributed by atoms with E-state index in [1.807, 2.05) is 6.92 Å². The maximum Gasteiger partial charge on any atom is 0.416 e. The first kappa shape index (κ1) is 32.9. The molecule has 0 bridgehead atoms. The number of hydrogen-bond donors (Lipinski definition) is 1. The Morgan fingerprint density at radius 2 is 1.64 bits per heavy atom.